The van der Waals surface area contributed by atoms with Gasteiger partial charge in [0.2, 0.25) is 6.10 Å². The standard InChI is InChI=1S/C46H58O15S/c1-26(29-14-9-7-10-15-29)37(59-34(49)24-56-20-19-55-18-13-21-62)42(53)58-31-23-46(54)40(60-41(52)30-16-11-8-12-17-30)38-44(6,39(51)36(50)35(27(31)2)43(46,4)5)32(48)22-33-45(38,25-57-33)61-28(3)47/h7-12,14-17,26,31-33,36-38,40,48,50,54,62H,13,18-25H2,1-6H3/t26-,31-,32-,33+,36+,37+,38-,40?,44+,45-,46-/m0/s1. The van der Waals surface area contributed by atoms with Crippen LogP contribution in [0.1, 0.15) is 82.6 Å². The highest BCUT2D eigenvalue weighted by Crippen LogP contribution is 2.64. The Bertz CT molecular complexity index is 2010. The molecule has 2 saturated carbocycles. The minimum atomic E-state index is -2.32. The highest BCUT2D eigenvalue weighted by molar-refractivity contribution is 7.80. The van der Waals surface area contributed by atoms with Crippen LogP contribution in [0, 0.1) is 16.7 Å². The van der Waals surface area contributed by atoms with Crippen LogP contribution >= 0.6 is 12.6 Å². The lowest BCUT2D eigenvalue weighted by atomic mass is 9.44. The zero-order valence-corrected chi connectivity index (χ0v) is 36.8. The molecule has 62 heavy (non-hydrogen) atoms. The van der Waals surface area contributed by atoms with E-state index in [0.29, 0.717) is 17.9 Å². The maximum Gasteiger partial charge on any atom is 0.348 e. The molecule has 0 aromatic heterocycles. The van der Waals surface area contributed by atoms with Crippen LogP contribution in [0.3, 0.4) is 0 Å². The number of ether oxygens (including phenoxy) is 7. The molecule has 11 atom stereocenters. The molecule has 0 radical (unpaired) electrons. The maximum absolute atomic E-state index is 15.1. The first kappa shape index (κ1) is 47.3. The molecule has 15 nitrogen and oxygen atoms in total. The van der Waals surface area contributed by atoms with Gasteiger partial charge in [-0.05, 0) is 54.9 Å². The van der Waals surface area contributed by atoms with E-state index in [-0.39, 0.29) is 43.0 Å². The van der Waals surface area contributed by atoms with Gasteiger partial charge in [-0.3, -0.25) is 9.59 Å². The highest BCUT2D eigenvalue weighted by Gasteiger charge is 2.78. The van der Waals surface area contributed by atoms with Gasteiger partial charge in [0.15, 0.2) is 11.4 Å². The average Bonchev–Trinajstić information content (AvgIpc) is 3.24. The van der Waals surface area contributed by atoms with E-state index >= 15 is 4.79 Å². The van der Waals surface area contributed by atoms with Gasteiger partial charge in [-0.25, -0.2) is 14.4 Å². The lowest BCUT2D eigenvalue weighted by molar-refractivity contribution is -0.346. The van der Waals surface area contributed by atoms with Gasteiger partial charge in [-0.2, -0.15) is 12.6 Å². The Morgan fingerprint density at radius 2 is 1.58 bits per heavy atom. The number of aliphatic hydroxyl groups is 3. The summed E-state index contributed by atoms with van der Waals surface area (Å²) in [6, 6.07) is 16.8. The van der Waals surface area contributed by atoms with Crippen molar-refractivity contribution < 1.29 is 72.5 Å². The Morgan fingerprint density at radius 1 is 0.935 bits per heavy atom. The van der Waals surface area contributed by atoms with Gasteiger partial charge in [0.25, 0.3) is 0 Å². The Labute approximate surface area is 366 Å². The summed E-state index contributed by atoms with van der Waals surface area (Å²) in [5.41, 5.74) is -6.73. The molecule has 3 aliphatic carbocycles. The van der Waals surface area contributed by atoms with Crippen LogP contribution in [0.5, 0.6) is 0 Å². The van der Waals surface area contributed by atoms with Crippen LogP contribution in [0.2, 0.25) is 0 Å². The number of carbonyl (C=O) groups excluding carboxylic acids is 5. The van der Waals surface area contributed by atoms with Crippen molar-refractivity contribution in [3.63, 3.8) is 0 Å². The Hall–Kier alpha value is -4.16. The number of rotatable bonds is 16. The number of carbonyl (C=O) groups is 5. The predicted octanol–water partition coefficient (Wildman–Crippen LogP) is 3.70. The molecule has 1 aliphatic heterocycles. The maximum atomic E-state index is 15.1. The molecule has 1 unspecified atom stereocenters. The Kier molecular flexibility index (Phi) is 14.4. The molecule has 2 bridgehead atoms. The number of benzene rings is 2. The highest BCUT2D eigenvalue weighted by atomic mass is 32.1. The summed E-state index contributed by atoms with van der Waals surface area (Å²) in [5, 5.41) is 37.7. The van der Waals surface area contributed by atoms with E-state index in [2.05, 4.69) is 12.6 Å². The van der Waals surface area contributed by atoms with Crippen molar-refractivity contribution >= 4 is 42.3 Å². The lowest BCUT2D eigenvalue weighted by Crippen LogP contribution is -2.81. The largest absolute Gasteiger partial charge is 0.455 e. The van der Waals surface area contributed by atoms with Gasteiger partial charge in [0.1, 0.15) is 36.6 Å². The summed E-state index contributed by atoms with van der Waals surface area (Å²) in [6.45, 7) is 8.99. The van der Waals surface area contributed by atoms with Crippen molar-refractivity contribution in [2.75, 3.05) is 38.8 Å². The van der Waals surface area contributed by atoms with Crippen LogP contribution in [-0.2, 0) is 52.3 Å². The van der Waals surface area contributed by atoms with Crippen molar-refractivity contribution in [2.45, 2.75) is 115 Å². The van der Waals surface area contributed by atoms with E-state index in [1.807, 2.05) is 0 Å². The third kappa shape index (κ3) is 8.59. The molecule has 1 saturated heterocycles. The third-order valence-corrected chi connectivity index (χ3v) is 13.8. The summed E-state index contributed by atoms with van der Waals surface area (Å²) < 4.78 is 41.2. The zero-order valence-electron chi connectivity index (χ0n) is 35.9. The van der Waals surface area contributed by atoms with E-state index in [4.69, 9.17) is 33.2 Å². The number of fused-ring (bicyclic) bond motifs is 5. The first-order valence-corrected chi connectivity index (χ1v) is 21.6. The van der Waals surface area contributed by atoms with Crippen LogP contribution in [-0.4, -0.2) is 132 Å². The quantitative estimate of drug-likeness (QED) is 0.0623. The summed E-state index contributed by atoms with van der Waals surface area (Å²) in [7, 11) is 0. The van der Waals surface area contributed by atoms with E-state index < -0.39 is 113 Å². The molecule has 4 aliphatic rings. The fourth-order valence-corrected chi connectivity index (χ4v) is 10.1. The third-order valence-electron chi connectivity index (χ3n) is 13.5. The van der Waals surface area contributed by atoms with E-state index in [1.54, 1.807) is 76.2 Å². The molecule has 0 amide bonds. The number of esters is 4. The van der Waals surface area contributed by atoms with Crippen molar-refractivity contribution in [3.8, 4) is 0 Å². The molecular formula is C46H58O15S. The fraction of sp³-hybridized carbons (Fsp3) is 0.587. The summed E-state index contributed by atoms with van der Waals surface area (Å²) in [4.78, 5) is 69.9. The molecule has 338 valence electrons. The van der Waals surface area contributed by atoms with E-state index in [0.717, 1.165) is 6.42 Å². The van der Waals surface area contributed by atoms with Crippen molar-refractivity contribution in [1.29, 1.82) is 0 Å². The zero-order chi connectivity index (χ0) is 45.2. The number of Topliss-reactive ketones (excluding diaryl/α,β-unsaturated/α-hetero) is 1. The smallest absolute Gasteiger partial charge is 0.348 e. The van der Waals surface area contributed by atoms with Crippen LogP contribution in [0.25, 0.3) is 0 Å². The van der Waals surface area contributed by atoms with Crippen molar-refractivity contribution in [3.05, 3.63) is 82.9 Å². The number of thiol groups is 1. The van der Waals surface area contributed by atoms with Gasteiger partial charge in [-0.15, -0.1) is 0 Å². The van der Waals surface area contributed by atoms with Gasteiger partial charge >= 0.3 is 23.9 Å². The Balaban J connectivity index is 1.42. The summed E-state index contributed by atoms with van der Waals surface area (Å²) in [6.07, 6.45) is -9.10. The molecular weight excluding hydrogens is 825 g/mol. The number of ketones is 1. The predicted molar refractivity (Wildman–Crippen MR) is 224 cm³/mol. The molecule has 2 aromatic rings. The molecule has 6 rings (SSSR count). The van der Waals surface area contributed by atoms with Gasteiger partial charge in [0, 0.05) is 37.7 Å². The monoisotopic (exact) mass is 882 g/mol. The van der Waals surface area contributed by atoms with Crippen molar-refractivity contribution in [2.24, 2.45) is 16.7 Å². The van der Waals surface area contributed by atoms with Crippen LogP contribution in [0.15, 0.2) is 71.8 Å². The topological polar surface area (TPSA) is 211 Å². The average molecular weight is 883 g/mol. The molecule has 1 heterocycles. The number of hydrogen-bond donors (Lipinski definition) is 4. The SMILES string of the molecule is CC(=O)O[C@@]12CO[C@@H]1C[C@H](O)[C@@]1(C)C(=O)[C@H](O)C3=C(C)[C@@H](OC(=O)[C@H](OC(=O)COCCOCCCS)[C@@H](C)c4ccccc4)C[C@](O)(C(OC(=O)c4ccccc4)[C@H]21)C3(C)C. The number of hydrogen-bond acceptors (Lipinski definition) is 16. The first-order valence-electron chi connectivity index (χ1n) is 21.0. The van der Waals surface area contributed by atoms with E-state index in [1.165, 1.54) is 26.0 Å². The molecule has 3 N–H and O–H groups in total. The number of aliphatic hydroxyl groups excluding tert-OH is 2. The molecule has 0 spiro atoms. The van der Waals surface area contributed by atoms with Gasteiger partial charge in [-0.1, -0.05) is 69.3 Å². The minimum absolute atomic E-state index is 0.0233. The molecule has 16 heteroatoms. The summed E-state index contributed by atoms with van der Waals surface area (Å²) >= 11 is 4.15. The van der Waals surface area contributed by atoms with Crippen molar-refractivity contribution in [1.82, 2.24) is 0 Å². The molecule has 3 fully saturated rings. The molecule has 2 aromatic carbocycles. The van der Waals surface area contributed by atoms with Crippen LogP contribution in [0.4, 0.5) is 0 Å². The second-order valence-electron chi connectivity index (χ2n) is 17.4. The normalized spacial score (nSPS) is 32.1. The van der Waals surface area contributed by atoms with Gasteiger partial charge < -0.3 is 48.5 Å². The minimum Gasteiger partial charge on any atom is -0.455 e. The van der Waals surface area contributed by atoms with E-state index in [9.17, 15) is 34.5 Å². The van der Waals surface area contributed by atoms with Crippen LogP contribution < -0.4 is 0 Å². The second-order valence-corrected chi connectivity index (χ2v) is 17.9. The first-order chi connectivity index (χ1) is 29.3. The lowest BCUT2D eigenvalue weighted by Gasteiger charge is -2.67. The van der Waals surface area contributed by atoms with Gasteiger partial charge in [0.05, 0.1) is 42.8 Å². The summed E-state index contributed by atoms with van der Waals surface area (Å²) in [5.74, 6) is -6.00. The second kappa shape index (κ2) is 18.9. The Morgan fingerprint density at radius 3 is 2.19 bits per heavy atom. The fourth-order valence-electron chi connectivity index (χ4n) is 9.98.